The fraction of sp³-hybridized carbons (Fsp3) is 0.200. The molecule has 18 heavy (non-hydrogen) atoms. The lowest BCUT2D eigenvalue weighted by atomic mass is 9.95. The van der Waals surface area contributed by atoms with Crippen LogP contribution in [0.15, 0.2) is 24.3 Å². The zero-order valence-electron chi connectivity index (χ0n) is 10.7. The first-order valence-corrected chi connectivity index (χ1v) is 5.74. The van der Waals surface area contributed by atoms with Crippen LogP contribution in [0.25, 0.3) is 11.1 Å². The molecule has 0 aliphatic heterocycles. The SMILES string of the molecule is Cc1cc(-c2c(O)ccc(O)c2O)cc(C)c1C. The van der Waals surface area contributed by atoms with Gasteiger partial charge in [-0.25, -0.2) is 0 Å². The summed E-state index contributed by atoms with van der Waals surface area (Å²) in [5.74, 6) is -0.579. The summed E-state index contributed by atoms with van der Waals surface area (Å²) in [7, 11) is 0. The van der Waals surface area contributed by atoms with E-state index in [1.165, 1.54) is 17.7 Å². The lowest BCUT2D eigenvalue weighted by molar-refractivity contribution is 0.398. The van der Waals surface area contributed by atoms with Crippen LogP contribution in [0.4, 0.5) is 0 Å². The van der Waals surface area contributed by atoms with Gasteiger partial charge in [0, 0.05) is 0 Å². The largest absolute Gasteiger partial charge is 0.507 e. The molecule has 0 amide bonds. The van der Waals surface area contributed by atoms with E-state index in [1.54, 1.807) is 0 Å². The van der Waals surface area contributed by atoms with Gasteiger partial charge in [-0.1, -0.05) is 12.1 Å². The van der Waals surface area contributed by atoms with Crippen molar-refractivity contribution in [1.82, 2.24) is 0 Å². The van der Waals surface area contributed by atoms with E-state index >= 15 is 0 Å². The third-order valence-corrected chi connectivity index (χ3v) is 3.35. The fourth-order valence-corrected chi connectivity index (χ4v) is 2.03. The van der Waals surface area contributed by atoms with E-state index < -0.39 is 0 Å². The standard InChI is InChI=1S/C15H16O3/c1-8-6-11(7-9(2)10(8)3)14-12(16)4-5-13(17)15(14)18/h4-7,16-18H,1-3H3. The molecule has 2 rings (SSSR count). The summed E-state index contributed by atoms with van der Waals surface area (Å²) in [6.45, 7) is 5.97. The molecule has 0 saturated heterocycles. The van der Waals surface area contributed by atoms with Gasteiger partial charge in [0.2, 0.25) is 0 Å². The van der Waals surface area contributed by atoms with Crippen molar-refractivity contribution in [3.05, 3.63) is 41.0 Å². The van der Waals surface area contributed by atoms with Crippen LogP contribution < -0.4 is 0 Å². The molecule has 0 heterocycles. The minimum atomic E-state index is -0.294. The summed E-state index contributed by atoms with van der Waals surface area (Å²) in [5, 5.41) is 29.2. The van der Waals surface area contributed by atoms with E-state index in [4.69, 9.17) is 0 Å². The van der Waals surface area contributed by atoms with Gasteiger partial charge in [0.15, 0.2) is 11.5 Å². The normalized spacial score (nSPS) is 10.6. The minimum absolute atomic E-state index is 0.0482. The van der Waals surface area contributed by atoms with E-state index in [0.29, 0.717) is 5.56 Å². The van der Waals surface area contributed by atoms with Gasteiger partial charge in [-0.05, 0) is 55.2 Å². The molecule has 3 nitrogen and oxygen atoms in total. The van der Waals surface area contributed by atoms with E-state index in [-0.39, 0.29) is 22.8 Å². The monoisotopic (exact) mass is 244 g/mol. The summed E-state index contributed by atoms with van der Waals surface area (Å²) >= 11 is 0. The number of hydrogen-bond donors (Lipinski definition) is 3. The Kier molecular flexibility index (Phi) is 2.91. The van der Waals surface area contributed by atoms with E-state index in [2.05, 4.69) is 0 Å². The van der Waals surface area contributed by atoms with Crippen molar-refractivity contribution < 1.29 is 15.3 Å². The van der Waals surface area contributed by atoms with Crippen LogP contribution in [0.2, 0.25) is 0 Å². The lowest BCUT2D eigenvalue weighted by Crippen LogP contribution is -1.89. The van der Waals surface area contributed by atoms with Gasteiger partial charge in [0.1, 0.15) is 5.75 Å². The number of rotatable bonds is 1. The molecule has 0 spiro atoms. The van der Waals surface area contributed by atoms with E-state index in [0.717, 1.165) is 11.1 Å². The maximum atomic E-state index is 9.87. The highest BCUT2D eigenvalue weighted by Crippen LogP contribution is 2.43. The summed E-state index contributed by atoms with van der Waals surface area (Å²) < 4.78 is 0. The van der Waals surface area contributed by atoms with Gasteiger partial charge < -0.3 is 15.3 Å². The number of hydrogen-bond acceptors (Lipinski definition) is 3. The van der Waals surface area contributed by atoms with Crippen LogP contribution >= 0.6 is 0 Å². The molecular weight excluding hydrogens is 228 g/mol. The highest BCUT2D eigenvalue weighted by Gasteiger charge is 2.15. The summed E-state index contributed by atoms with van der Waals surface area (Å²) in [5.41, 5.74) is 4.29. The molecule has 0 radical (unpaired) electrons. The predicted molar refractivity (Wildman–Crippen MR) is 71.1 cm³/mol. The van der Waals surface area contributed by atoms with Crippen molar-refractivity contribution in [1.29, 1.82) is 0 Å². The molecule has 2 aromatic carbocycles. The molecule has 0 bridgehead atoms. The Hall–Kier alpha value is -2.16. The first-order chi connectivity index (χ1) is 8.41. The maximum Gasteiger partial charge on any atom is 0.169 e. The van der Waals surface area contributed by atoms with Gasteiger partial charge in [-0.3, -0.25) is 0 Å². The van der Waals surface area contributed by atoms with Crippen LogP contribution in [0.5, 0.6) is 17.2 Å². The quantitative estimate of drug-likeness (QED) is 0.532. The van der Waals surface area contributed by atoms with Crippen LogP contribution in [0.3, 0.4) is 0 Å². The Morgan fingerprint density at radius 1 is 0.778 bits per heavy atom. The number of phenolic OH excluding ortho intramolecular Hbond substituents is 3. The molecule has 0 aliphatic rings. The molecular formula is C15H16O3. The smallest absolute Gasteiger partial charge is 0.169 e. The highest BCUT2D eigenvalue weighted by molar-refractivity contribution is 5.79. The second-order valence-electron chi connectivity index (χ2n) is 4.56. The van der Waals surface area contributed by atoms with Crippen molar-refractivity contribution in [3.8, 4) is 28.4 Å². The molecule has 94 valence electrons. The third-order valence-electron chi connectivity index (χ3n) is 3.35. The van der Waals surface area contributed by atoms with Crippen molar-refractivity contribution in [2.75, 3.05) is 0 Å². The maximum absolute atomic E-state index is 9.87. The second kappa shape index (κ2) is 4.26. The average molecular weight is 244 g/mol. The van der Waals surface area contributed by atoms with Crippen molar-refractivity contribution in [3.63, 3.8) is 0 Å². The van der Waals surface area contributed by atoms with Gasteiger partial charge in [0.25, 0.3) is 0 Å². The molecule has 0 saturated carbocycles. The fourth-order valence-electron chi connectivity index (χ4n) is 2.03. The molecule has 2 aromatic rings. The number of aryl methyl sites for hydroxylation is 2. The summed E-state index contributed by atoms with van der Waals surface area (Å²) in [6.07, 6.45) is 0. The summed E-state index contributed by atoms with van der Waals surface area (Å²) in [6, 6.07) is 6.41. The Morgan fingerprint density at radius 3 is 1.83 bits per heavy atom. The third kappa shape index (κ3) is 1.88. The molecule has 3 heteroatoms. The second-order valence-corrected chi connectivity index (χ2v) is 4.56. The van der Waals surface area contributed by atoms with Crippen LogP contribution in [-0.4, -0.2) is 15.3 Å². The minimum Gasteiger partial charge on any atom is -0.507 e. The first kappa shape index (κ1) is 12.3. The Labute approximate surface area is 106 Å². The van der Waals surface area contributed by atoms with E-state index in [9.17, 15) is 15.3 Å². The molecule has 0 atom stereocenters. The van der Waals surface area contributed by atoms with Gasteiger partial charge in [0.05, 0.1) is 5.56 Å². The average Bonchev–Trinajstić information content (AvgIpc) is 2.31. The van der Waals surface area contributed by atoms with Crippen LogP contribution in [-0.2, 0) is 0 Å². The molecule has 0 aromatic heterocycles. The Morgan fingerprint density at radius 2 is 1.28 bits per heavy atom. The number of aromatic hydroxyl groups is 3. The lowest BCUT2D eigenvalue weighted by Gasteiger charge is -2.12. The van der Waals surface area contributed by atoms with Crippen LogP contribution in [0.1, 0.15) is 16.7 Å². The zero-order valence-corrected chi connectivity index (χ0v) is 10.7. The molecule has 0 unspecified atom stereocenters. The van der Waals surface area contributed by atoms with Crippen LogP contribution in [0, 0.1) is 20.8 Å². The first-order valence-electron chi connectivity index (χ1n) is 5.74. The highest BCUT2D eigenvalue weighted by atomic mass is 16.3. The van der Waals surface area contributed by atoms with Gasteiger partial charge >= 0.3 is 0 Å². The Balaban J connectivity index is 2.74. The van der Waals surface area contributed by atoms with Crippen molar-refractivity contribution in [2.24, 2.45) is 0 Å². The topological polar surface area (TPSA) is 60.7 Å². The number of phenols is 3. The zero-order chi connectivity index (χ0) is 13.4. The molecule has 0 aliphatic carbocycles. The van der Waals surface area contributed by atoms with E-state index in [1.807, 2.05) is 32.9 Å². The molecule has 0 fully saturated rings. The predicted octanol–water partition coefficient (Wildman–Crippen LogP) is 3.40. The van der Waals surface area contributed by atoms with Gasteiger partial charge in [-0.2, -0.15) is 0 Å². The Bertz CT molecular complexity index is 592. The summed E-state index contributed by atoms with van der Waals surface area (Å²) in [4.78, 5) is 0. The number of benzene rings is 2. The van der Waals surface area contributed by atoms with Crippen molar-refractivity contribution >= 4 is 0 Å². The van der Waals surface area contributed by atoms with Gasteiger partial charge in [-0.15, -0.1) is 0 Å². The molecule has 3 N–H and O–H groups in total. The van der Waals surface area contributed by atoms with Crippen molar-refractivity contribution in [2.45, 2.75) is 20.8 Å².